The lowest BCUT2D eigenvalue weighted by Crippen LogP contribution is -2.43. The maximum Gasteiger partial charge on any atom is 0.313 e. The van der Waals surface area contributed by atoms with Crippen molar-refractivity contribution in [3.05, 3.63) is 0 Å². The predicted octanol–water partition coefficient (Wildman–Crippen LogP) is 1.47. The van der Waals surface area contributed by atoms with Crippen LogP contribution >= 0.6 is 0 Å². The first-order valence-electron chi connectivity index (χ1n) is 5.91. The van der Waals surface area contributed by atoms with E-state index < -0.39 is 11.0 Å². The second kappa shape index (κ2) is 5.15. The highest BCUT2D eigenvalue weighted by Crippen LogP contribution is 2.32. The molecule has 0 saturated carbocycles. The molecule has 16 heavy (non-hydrogen) atoms. The van der Waals surface area contributed by atoms with E-state index in [-0.39, 0.29) is 5.97 Å². The Kier molecular flexibility index (Phi) is 4.33. The number of hydrogen-bond donors (Lipinski definition) is 1. The van der Waals surface area contributed by atoms with Gasteiger partial charge >= 0.3 is 5.97 Å². The van der Waals surface area contributed by atoms with Crippen LogP contribution in [0.3, 0.4) is 0 Å². The molecule has 4 nitrogen and oxygen atoms in total. The van der Waals surface area contributed by atoms with Gasteiger partial charge in [-0.05, 0) is 40.0 Å². The van der Waals surface area contributed by atoms with Crippen LogP contribution in [0.4, 0.5) is 0 Å². The zero-order valence-electron chi connectivity index (χ0n) is 10.5. The summed E-state index contributed by atoms with van der Waals surface area (Å²) in [5.41, 5.74) is 4.78. The molecule has 94 valence electrons. The molecule has 1 saturated heterocycles. The minimum atomic E-state index is -0.538. The van der Waals surface area contributed by atoms with Crippen LogP contribution in [-0.2, 0) is 14.3 Å². The van der Waals surface area contributed by atoms with Crippen LogP contribution in [0.25, 0.3) is 0 Å². The van der Waals surface area contributed by atoms with Crippen LogP contribution in [0, 0.1) is 5.41 Å². The van der Waals surface area contributed by atoms with Crippen LogP contribution in [0.15, 0.2) is 0 Å². The molecule has 0 amide bonds. The summed E-state index contributed by atoms with van der Waals surface area (Å²) in [5.74, 6) is -0.173. The minimum absolute atomic E-state index is 0.173. The third-order valence-corrected chi connectivity index (χ3v) is 2.89. The van der Waals surface area contributed by atoms with Gasteiger partial charge in [0.15, 0.2) is 0 Å². The summed E-state index contributed by atoms with van der Waals surface area (Å²) in [5, 5.41) is 0. The highest BCUT2D eigenvalue weighted by molar-refractivity contribution is 5.77. The lowest BCUT2D eigenvalue weighted by atomic mass is 9.80. The van der Waals surface area contributed by atoms with Crippen molar-refractivity contribution in [2.75, 3.05) is 19.8 Å². The lowest BCUT2D eigenvalue weighted by Gasteiger charge is -2.32. The minimum Gasteiger partial charge on any atom is -0.460 e. The van der Waals surface area contributed by atoms with Gasteiger partial charge in [-0.25, -0.2) is 0 Å². The van der Waals surface area contributed by atoms with E-state index in [1.54, 1.807) is 0 Å². The standard InChI is InChI=1S/C12H23NO3/c1-11(2,3)16-10(14)12(9-13)5-4-7-15-8-6-12/h4-9,13H2,1-3H3. The molecule has 2 N–H and O–H groups in total. The van der Waals surface area contributed by atoms with Gasteiger partial charge in [-0.15, -0.1) is 0 Å². The zero-order chi connectivity index (χ0) is 12.2. The van der Waals surface area contributed by atoms with Gasteiger partial charge in [-0.3, -0.25) is 4.79 Å². The molecule has 0 aromatic carbocycles. The summed E-state index contributed by atoms with van der Waals surface area (Å²) < 4.78 is 10.8. The molecule has 0 aromatic heterocycles. The molecule has 1 atom stereocenters. The normalized spacial score (nSPS) is 27.2. The van der Waals surface area contributed by atoms with Crippen LogP contribution in [0.5, 0.6) is 0 Å². The van der Waals surface area contributed by atoms with E-state index in [0.29, 0.717) is 26.2 Å². The van der Waals surface area contributed by atoms with E-state index in [9.17, 15) is 4.79 Å². The van der Waals surface area contributed by atoms with E-state index in [1.165, 1.54) is 0 Å². The molecule has 1 rings (SSSR count). The van der Waals surface area contributed by atoms with Crippen molar-refractivity contribution in [1.82, 2.24) is 0 Å². The number of hydrogen-bond acceptors (Lipinski definition) is 4. The molecule has 1 unspecified atom stereocenters. The quantitative estimate of drug-likeness (QED) is 0.728. The second-order valence-corrected chi connectivity index (χ2v) is 5.45. The van der Waals surface area contributed by atoms with Crippen molar-refractivity contribution in [2.24, 2.45) is 11.1 Å². The fourth-order valence-corrected chi connectivity index (χ4v) is 1.89. The molecule has 1 fully saturated rings. The predicted molar refractivity (Wildman–Crippen MR) is 62.0 cm³/mol. The Balaban J connectivity index is 2.73. The van der Waals surface area contributed by atoms with Crippen LogP contribution in [0.2, 0.25) is 0 Å². The van der Waals surface area contributed by atoms with E-state index in [2.05, 4.69) is 0 Å². The highest BCUT2D eigenvalue weighted by Gasteiger charge is 2.40. The summed E-state index contributed by atoms with van der Waals surface area (Å²) in [7, 11) is 0. The Hall–Kier alpha value is -0.610. The van der Waals surface area contributed by atoms with Gasteiger partial charge in [0.2, 0.25) is 0 Å². The Labute approximate surface area is 97.5 Å². The Morgan fingerprint density at radius 3 is 2.62 bits per heavy atom. The Morgan fingerprint density at radius 1 is 1.38 bits per heavy atom. The summed E-state index contributed by atoms with van der Waals surface area (Å²) in [6.07, 6.45) is 2.30. The van der Waals surface area contributed by atoms with Gasteiger partial charge in [0.05, 0.1) is 5.41 Å². The molecule has 0 spiro atoms. The van der Waals surface area contributed by atoms with Crippen LogP contribution in [0.1, 0.15) is 40.0 Å². The van der Waals surface area contributed by atoms with Gasteiger partial charge in [0, 0.05) is 19.8 Å². The van der Waals surface area contributed by atoms with Gasteiger partial charge in [0.25, 0.3) is 0 Å². The van der Waals surface area contributed by atoms with Crippen molar-refractivity contribution >= 4 is 5.97 Å². The molecule has 0 aromatic rings. The monoisotopic (exact) mass is 229 g/mol. The summed E-state index contributed by atoms with van der Waals surface area (Å²) in [6.45, 7) is 7.28. The SMILES string of the molecule is CC(C)(C)OC(=O)C1(CN)CCCOCC1. The van der Waals surface area contributed by atoms with E-state index >= 15 is 0 Å². The van der Waals surface area contributed by atoms with Crippen molar-refractivity contribution in [3.8, 4) is 0 Å². The molecule has 1 aliphatic rings. The second-order valence-electron chi connectivity index (χ2n) is 5.45. The van der Waals surface area contributed by atoms with Crippen molar-refractivity contribution in [1.29, 1.82) is 0 Å². The maximum atomic E-state index is 12.2. The molecule has 1 heterocycles. The van der Waals surface area contributed by atoms with Crippen molar-refractivity contribution < 1.29 is 14.3 Å². The zero-order valence-corrected chi connectivity index (χ0v) is 10.5. The van der Waals surface area contributed by atoms with Crippen LogP contribution in [-0.4, -0.2) is 31.3 Å². The summed E-state index contributed by atoms with van der Waals surface area (Å²) >= 11 is 0. The third-order valence-electron chi connectivity index (χ3n) is 2.89. The highest BCUT2D eigenvalue weighted by atomic mass is 16.6. The largest absolute Gasteiger partial charge is 0.460 e. The topological polar surface area (TPSA) is 61.5 Å². The first-order valence-corrected chi connectivity index (χ1v) is 5.91. The van der Waals surface area contributed by atoms with Crippen LogP contribution < -0.4 is 5.73 Å². The lowest BCUT2D eigenvalue weighted by molar-refractivity contribution is -0.168. The molecule has 0 aliphatic carbocycles. The number of esters is 1. The van der Waals surface area contributed by atoms with E-state index in [4.69, 9.17) is 15.2 Å². The Morgan fingerprint density at radius 2 is 2.06 bits per heavy atom. The molecule has 4 heteroatoms. The number of nitrogens with two attached hydrogens (primary N) is 1. The third kappa shape index (κ3) is 3.46. The fourth-order valence-electron chi connectivity index (χ4n) is 1.89. The fraction of sp³-hybridized carbons (Fsp3) is 0.917. The van der Waals surface area contributed by atoms with Gasteiger partial charge in [-0.1, -0.05) is 0 Å². The van der Waals surface area contributed by atoms with Crippen molar-refractivity contribution in [3.63, 3.8) is 0 Å². The molecular formula is C12H23NO3. The smallest absolute Gasteiger partial charge is 0.313 e. The average Bonchev–Trinajstić information content (AvgIpc) is 2.40. The van der Waals surface area contributed by atoms with Crippen molar-refractivity contribution in [2.45, 2.75) is 45.6 Å². The summed E-state index contributed by atoms with van der Waals surface area (Å²) in [6, 6.07) is 0. The summed E-state index contributed by atoms with van der Waals surface area (Å²) in [4.78, 5) is 12.2. The molecule has 0 radical (unpaired) electrons. The van der Waals surface area contributed by atoms with Gasteiger partial charge in [0.1, 0.15) is 5.60 Å². The first-order chi connectivity index (χ1) is 7.40. The molecule has 0 bridgehead atoms. The number of carbonyl (C=O) groups excluding carboxylic acids is 1. The average molecular weight is 229 g/mol. The molecule has 1 aliphatic heterocycles. The number of rotatable bonds is 2. The maximum absolute atomic E-state index is 12.2. The van der Waals surface area contributed by atoms with Gasteiger partial charge in [-0.2, -0.15) is 0 Å². The number of carbonyl (C=O) groups is 1. The molecular weight excluding hydrogens is 206 g/mol. The van der Waals surface area contributed by atoms with E-state index in [1.807, 2.05) is 20.8 Å². The Bertz CT molecular complexity index is 237. The first kappa shape index (κ1) is 13.5. The number of ether oxygens (including phenoxy) is 2. The van der Waals surface area contributed by atoms with Gasteiger partial charge < -0.3 is 15.2 Å². The van der Waals surface area contributed by atoms with E-state index in [0.717, 1.165) is 12.8 Å².